The maximum Gasteiger partial charge on any atom is 0.124 e. The van der Waals surface area contributed by atoms with Crippen LogP contribution in [0.15, 0.2) is 53.6 Å². The summed E-state index contributed by atoms with van der Waals surface area (Å²) in [4.78, 5) is 0. The van der Waals surface area contributed by atoms with E-state index in [0.29, 0.717) is 10.6 Å². The average molecular weight is 249 g/mol. The summed E-state index contributed by atoms with van der Waals surface area (Å²) in [6.07, 6.45) is 1.55. The van der Waals surface area contributed by atoms with Crippen LogP contribution in [0.3, 0.4) is 0 Å². The van der Waals surface area contributed by atoms with Crippen LogP contribution in [-0.2, 0) is 0 Å². The molecule has 0 spiro atoms. The average Bonchev–Trinajstić information content (AvgIpc) is 2.33. The largest absolute Gasteiger partial charge is 0.279 e. The molecule has 0 saturated heterocycles. The first-order valence-corrected chi connectivity index (χ1v) is 5.43. The molecular weight excluding hydrogens is 239 g/mol. The van der Waals surface area contributed by atoms with Gasteiger partial charge in [0.15, 0.2) is 0 Å². The van der Waals surface area contributed by atoms with Crippen LogP contribution >= 0.6 is 11.6 Å². The minimum atomic E-state index is -0.358. The van der Waals surface area contributed by atoms with Crippen LogP contribution in [0, 0.1) is 5.82 Å². The Morgan fingerprint density at radius 2 is 1.88 bits per heavy atom. The summed E-state index contributed by atoms with van der Waals surface area (Å²) >= 11 is 5.85. The van der Waals surface area contributed by atoms with Crippen molar-refractivity contribution >= 4 is 23.5 Å². The van der Waals surface area contributed by atoms with Crippen LogP contribution in [0.2, 0.25) is 5.02 Å². The van der Waals surface area contributed by atoms with Crippen molar-refractivity contribution in [2.75, 3.05) is 5.43 Å². The van der Waals surface area contributed by atoms with Crippen molar-refractivity contribution in [1.29, 1.82) is 0 Å². The lowest BCUT2D eigenvalue weighted by atomic mass is 10.2. The molecule has 86 valence electrons. The molecule has 0 amide bonds. The van der Waals surface area contributed by atoms with Crippen molar-refractivity contribution < 1.29 is 4.39 Å². The molecule has 2 aromatic rings. The van der Waals surface area contributed by atoms with Crippen molar-refractivity contribution in [3.05, 3.63) is 64.9 Å². The van der Waals surface area contributed by atoms with Gasteiger partial charge in [-0.3, -0.25) is 5.43 Å². The molecule has 2 aromatic carbocycles. The lowest BCUT2D eigenvalue weighted by Gasteiger charge is -2.00. The first-order chi connectivity index (χ1) is 8.25. The van der Waals surface area contributed by atoms with Crippen molar-refractivity contribution in [2.24, 2.45) is 5.10 Å². The third-order valence-electron chi connectivity index (χ3n) is 2.13. The molecular formula is C13H10ClFN2. The standard InChI is InChI=1S/C13H10ClFN2/c14-13-8-11(15)7-6-10(13)9-16-17-12-4-2-1-3-5-12/h1-9,17H. The highest BCUT2D eigenvalue weighted by Gasteiger charge is 1.98. The van der Waals surface area contributed by atoms with E-state index in [9.17, 15) is 4.39 Å². The summed E-state index contributed by atoms with van der Waals surface area (Å²) in [6, 6.07) is 13.7. The van der Waals surface area contributed by atoms with Crippen molar-refractivity contribution in [3.63, 3.8) is 0 Å². The fourth-order valence-electron chi connectivity index (χ4n) is 1.30. The monoisotopic (exact) mass is 248 g/mol. The van der Waals surface area contributed by atoms with E-state index in [1.807, 2.05) is 30.3 Å². The Morgan fingerprint density at radius 1 is 1.12 bits per heavy atom. The van der Waals surface area contributed by atoms with Gasteiger partial charge in [0.1, 0.15) is 5.82 Å². The van der Waals surface area contributed by atoms with Crippen molar-refractivity contribution in [1.82, 2.24) is 0 Å². The van der Waals surface area contributed by atoms with Gasteiger partial charge in [-0.1, -0.05) is 29.8 Å². The molecule has 0 heterocycles. The molecule has 0 fully saturated rings. The zero-order valence-electron chi connectivity index (χ0n) is 8.90. The number of benzene rings is 2. The molecule has 17 heavy (non-hydrogen) atoms. The predicted octanol–water partition coefficient (Wildman–Crippen LogP) is 3.93. The van der Waals surface area contributed by atoms with Gasteiger partial charge >= 0.3 is 0 Å². The Bertz CT molecular complexity index is 526. The molecule has 4 heteroatoms. The third-order valence-corrected chi connectivity index (χ3v) is 2.46. The van der Waals surface area contributed by atoms with Crippen LogP contribution in [0.5, 0.6) is 0 Å². The molecule has 0 aliphatic heterocycles. The fourth-order valence-corrected chi connectivity index (χ4v) is 1.51. The van der Waals surface area contributed by atoms with Crippen LogP contribution in [0.1, 0.15) is 5.56 Å². The minimum Gasteiger partial charge on any atom is -0.279 e. The number of nitrogens with zero attached hydrogens (tertiary/aromatic N) is 1. The van der Waals surface area contributed by atoms with Gasteiger partial charge in [0, 0.05) is 5.56 Å². The summed E-state index contributed by atoms with van der Waals surface area (Å²) in [5, 5.41) is 4.36. The van der Waals surface area contributed by atoms with E-state index in [0.717, 1.165) is 5.69 Å². The first-order valence-electron chi connectivity index (χ1n) is 5.05. The minimum absolute atomic E-state index is 0.337. The number of nitrogens with one attached hydrogen (secondary N) is 1. The van der Waals surface area contributed by atoms with E-state index in [2.05, 4.69) is 10.5 Å². The number of hydrogen-bond acceptors (Lipinski definition) is 2. The smallest absolute Gasteiger partial charge is 0.124 e. The predicted molar refractivity (Wildman–Crippen MR) is 69.1 cm³/mol. The Balaban J connectivity index is 2.06. The third kappa shape index (κ3) is 3.29. The number of halogens is 2. The molecule has 0 saturated carbocycles. The molecule has 0 atom stereocenters. The summed E-state index contributed by atoms with van der Waals surface area (Å²) in [6.45, 7) is 0. The van der Waals surface area contributed by atoms with E-state index < -0.39 is 0 Å². The number of anilines is 1. The Kier molecular flexibility index (Phi) is 3.73. The molecule has 2 rings (SSSR count). The van der Waals surface area contributed by atoms with E-state index in [-0.39, 0.29) is 5.82 Å². The fraction of sp³-hybridized carbons (Fsp3) is 0. The first kappa shape index (κ1) is 11.6. The molecule has 2 nitrogen and oxygen atoms in total. The van der Waals surface area contributed by atoms with E-state index in [4.69, 9.17) is 11.6 Å². The lowest BCUT2D eigenvalue weighted by Crippen LogP contribution is -1.91. The highest BCUT2D eigenvalue weighted by Crippen LogP contribution is 2.15. The molecule has 0 aliphatic rings. The topological polar surface area (TPSA) is 24.4 Å². The van der Waals surface area contributed by atoms with Crippen molar-refractivity contribution in [2.45, 2.75) is 0 Å². The zero-order chi connectivity index (χ0) is 12.1. The van der Waals surface area contributed by atoms with Crippen molar-refractivity contribution in [3.8, 4) is 0 Å². The lowest BCUT2D eigenvalue weighted by molar-refractivity contribution is 0.628. The second-order valence-corrected chi connectivity index (χ2v) is 3.81. The van der Waals surface area contributed by atoms with Gasteiger partial charge in [0.05, 0.1) is 16.9 Å². The van der Waals surface area contributed by atoms with Gasteiger partial charge in [-0.2, -0.15) is 5.10 Å². The molecule has 0 radical (unpaired) electrons. The Morgan fingerprint density at radius 3 is 2.59 bits per heavy atom. The Hall–Kier alpha value is -1.87. The zero-order valence-corrected chi connectivity index (χ0v) is 9.66. The second-order valence-electron chi connectivity index (χ2n) is 3.40. The summed E-state index contributed by atoms with van der Waals surface area (Å²) in [5.74, 6) is -0.358. The molecule has 0 unspecified atom stereocenters. The number of para-hydroxylation sites is 1. The number of hydrazone groups is 1. The highest BCUT2D eigenvalue weighted by molar-refractivity contribution is 6.33. The van der Waals surface area contributed by atoms with Gasteiger partial charge in [-0.05, 0) is 30.3 Å². The molecule has 1 N–H and O–H groups in total. The summed E-state index contributed by atoms with van der Waals surface area (Å²) < 4.78 is 12.8. The molecule has 0 bridgehead atoms. The van der Waals surface area contributed by atoms with Crippen LogP contribution in [0.25, 0.3) is 0 Å². The normalized spacial score (nSPS) is 10.7. The van der Waals surface area contributed by atoms with Gasteiger partial charge in [-0.15, -0.1) is 0 Å². The van der Waals surface area contributed by atoms with E-state index >= 15 is 0 Å². The maximum atomic E-state index is 12.8. The maximum absolute atomic E-state index is 12.8. The van der Waals surface area contributed by atoms with Crippen LogP contribution in [-0.4, -0.2) is 6.21 Å². The SMILES string of the molecule is Fc1ccc(C=NNc2ccccc2)c(Cl)c1. The highest BCUT2D eigenvalue weighted by atomic mass is 35.5. The second kappa shape index (κ2) is 5.46. The Labute approximate surface area is 104 Å². The van der Waals surface area contributed by atoms with Gasteiger partial charge < -0.3 is 0 Å². The summed E-state index contributed by atoms with van der Waals surface area (Å²) in [5.41, 5.74) is 4.39. The molecule has 0 aliphatic carbocycles. The van der Waals surface area contributed by atoms with Crippen LogP contribution in [0.4, 0.5) is 10.1 Å². The number of rotatable bonds is 3. The van der Waals surface area contributed by atoms with E-state index in [1.54, 1.807) is 12.3 Å². The van der Waals surface area contributed by atoms with Crippen LogP contribution < -0.4 is 5.43 Å². The summed E-state index contributed by atoms with van der Waals surface area (Å²) in [7, 11) is 0. The van der Waals surface area contributed by atoms with E-state index in [1.165, 1.54) is 12.1 Å². The quantitative estimate of drug-likeness (QED) is 0.646. The number of hydrogen-bond donors (Lipinski definition) is 1. The van der Waals surface area contributed by atoms with Gasteiger partial charge in [0.25, 0.3) is 0 Å². The van der Waals surface area contributed by atoms with Gasteiger partial charge in [0.2, 0.25) is 0 Å². The van der Waals surface area contributed by atoms with Gasteiger partial charge in [-0.25, -0.2) is 4.39 Å². The molecule has 0 aromatic heterocycles.